The van der Waals surface area contributed by atoms with Crippen molar-refractivity contribution in [2.75, 3.05) is 7.11 Å². The summed E-state index contributed by atoms with van der Waals surface area (Å²) in [7, 11) is 1.57. The van der Waals surface area contributed by atoms with Crippen molar-refractivity contribution in [2.45, 2.75) is 13.8 Å². The molecule has 1 aromatic heterocycles. The number of rotatable bonds is 3. The predicted molar refractivity (Wildman–Crippen MR) is 70.3 cm³/mol. The summed E-state index contributed by atoms with van der Waals surface area (Å²) in [6, 6.07) is 3.65. The van der Waals surface area contributed by atoms with Crippen molar-refractivity contribution < 1.29 is 9.53 Å². The molecule has 1 N–H and O–H groups in total. The molecule has 0 radical (unpaired) electrons. The number of nitrogens with zero attached hydrogens (tertiary/aromatic N) is 1. The van der Waals surface area contributed by atoms with Crippen molar-refractivity contribution in [1.29, 1.82) is 0 Å². The zero-order valence-electron chi connectivity index (χ0n) is 10.4. The quantitative estimate of drug-likeness (QED) is 0.866. The van der Waals surface area contributed by atoms with Gasteiger partial charge >= 0.3 is 0 Å². The Morgan fingerprint density at radius 2 is 2.17 bits per heavy atom. The van der Waals surface area contributed by atoms with Crippen LogP contribution in [0.25, 0.3) is 11.3 Å². The molecule has 1 aromatic carbocycles. The molecule has 5 heteroatoms. The molecule has 0 aliphatic rings. The number of halogens is 1. The van der Waals surface area contributed by atoms with Crippen molar-refractivity contribution in [1.82, 2.24) is 9.97 Å². The van der Waals surface area contributed by atoms with Crippen LogP contribution in [-0.4, -0.2) is 22.9 Å². The molecule has 0 amide bonds. The maximum absolute atomic E-state index is 11.2. The molecular weight excluding hydrogens is 252 g/mol. The Morgan fingerprint density at radius 3 is 2.72 bits per heavy atom. The third-order valence-electron chi connectivity index (χ3n) is 2.70. The molecule has 0 saturated carbocycles. The maximum atomic E-state index is 11.2. The van der Waals surface area contributed by atoms with Crippen LogP contribution in [0.2, 0.25) is 5.02 Å². The highest BCUT2D eigenvalue weighted by Crippen LogP contribution is 2.32. The number of hydrogen-bond acceptors (Lipinski definition) is 3. The Labute approximate surface area is 110 Å². The van der Waals surface area contributed by atoms with Crippen LogP contribution in [0.15, 0.2) is 18.3 Å². The molecule has 0 saturated heterocycles. The minimum absolute atomic E-state index is 0.0986. The normalized spacial score (nSPS) is 10.4. The minimum Gasteiger partial charge on any atom is -0.495 e. The molecule has 4 nitrogen and oxygen atoms in total. The van der Waals surface area contributed by atoms with Gasteiger partial charge in [0.2, 0.25) is 0 Å². The topological polar surface area (TPSA) is 55.0 Å². The van der Waals surface area contributed by atoms with Gasteiger partial charge in [-0.25, -0.2) is 4.98 Å². The van der Waals surface area contributed by atoms with Gasteiger partial charge in [-0.05, 0) is 24.6 Å². The first-order valence-corrected chi connectivity index (χ1v) is 5.81. The van der Waals surface area contributed by atoms with Gasteiger partial charge in [0.25, 0.3) is 0 Å². The zero-order chi connectivity index (χ0) is 13.3. The average molecular weight is 265 g/mol. The van der Waals surface area contributed by atoms with Crippen molar-refractivity contribution in [3.63, 3.8) is 0 Å². The van der Waals surface area contributed by atoms with E-state index in [1.165, 1.54) is 6.92 Å². The number of aromatic amines is 1. The lowest BCUT2D eigenvalue weighted by atomic mass is 10.1. The van der Waals surface area contributed by atoms with E-state index in [0.717, 1.165) is 16.8 Å². The molecule has 2 rings (SSSR count). The number of methoxy groups -OCH3 is 1. The molecule has 0 aliphatic carbocycles. The molecule has 1 heterocycles. The van der Waals surface area contributed by atoms with Crippen molar-refractivity contribution in [3.8, 4) is 17.0 Å². The molecule has 0 fully saturated rings. The summed E-state index contributed by atoms with van der Waals surface area (Å²) in [4.78, 5) is 18.2. The molecule has 94 valence electrons. The number of benzene rings is 1. The summed E-state index contributed by atoms with van der Waals surface area (Å²) in [6.45, 7) is 3.42. The summed E-state index contributed by atoms with van der Waals surface area (Å²) < 4.78 is 5.15. The Morgan fingerprint density at radius 1 is 1.44 bits per heavy atom. The molecule has 0 spiro atoms. The summed E-state index contributed by atoms with van der Waals surface area (Å²) >= 11 is 6.09. The lowest BCUT2D eigenvalue weighted by molar-refractivity contribution is 0.100. The van der Waals surface area contributed by atoms with Gasteiger partial charge in [0, 0.05) is 12.5 Å². The van der Waals surface area contributed by atoms with Crippen LogP contribution in [0.4, 0.5) is 0 Å². The lowest BCUT2D eigenvalue weighted by Gasteiger charge is -2.08. The van der Waals surface area contributed by atoms with E-state index in [0.29, 0.717) is 16.6 Å². The van der Waals surface area contributed by atoms with Gasteiger partial charge in [-0.2, -0.15) is 0 Å². The third kappa shape index (κ3) is 2.24. The molecule has 0 aliphatic heterocycles. The molecule has 18 heavy (non-hydrogen) atoms. The van der Waals surface area contributed by atoms with Gasteiger partial charge in [0.05, 0.1) is 24.0 Å². The highest BCUT2D eigenvalue weighted by molar-refractivity contribution is 6.32. The standard InChI is InChI=1S/C13H13ClN2O2/c1-7-4-12(18-3)10(14)5-9(7)11-6-15-13(16-11)8(2)17/h4-6H,1-3H3,(H,15,16). The van der Waals surface area contributed by atoms with E-state index in [1.54, 1.807) is 19.4 Å². The number of nitrogens with one attached hydrogen (secondary N) is 1. The van der Waals surface area contributed by atoms with Crippen LogP contribution in [0.1, 0.15) is 23.1 Å². The van der Waals surface area contributed by atoms with E-state index in [2.05, 4.69) is 9.97 Å². The van der Waals surface area contributed by atoms with Crippen molar-refractivity contribution in [2.24, 2.45) is 0 Å². The van der Waals surface area contributed by atoms with Gasteiger partial charge in [0.15, 0.2) is 11.6 Å². The van der Waals surface area contributed by atoms with Gasteiger partial charge in [-0.1, -0.05) is 11.6 Å². The lowest BCUT2D eigenvalue weighted by Crippen LogP contribution is -1.94. The first-order valence-electron chi connectivity index (χ1n) is 5.43. The summed E-state index contributed by atoms with van der Waals surface area (Å²) in [6.07, 6.45) is 1.63. The van der Waals surface area contributed by atoms with Crippen LogP contribution in [-0.2, 0) is 0 Å². The molecule has 0 atom stereocenters. The minimum atomic E-state index is -0.0986. The fourth-order valence-corrected chi connectivity index (χ4v) is 1.98. The number of H-pyrrole nitrogens is 1. The second-order valence-corrected chi connectivity index (χ2v) is 4.41. The van der Waals surface area contributed by atoms with E-state index in [1.807, 2.05) is 13.0 Å². The maximum Gasteiger partial charge on any atom is 0.194 e. The number of aryl methyl sites for hydroxylation is 1. The number of Topliss-reactive ketones (excluding diaryl/α,β-unsaturated/α-hetero) is 1. The third-order valence-corrected chi connectivity index (χ3v) is 2.99. The molecular formula is C13H13ClN2O2. The van der Waals surface area contributed by atoms with Crippen molar-refractivity contribution in [3.05, 3.63) is 34.7 Å². The SMILES string of the molecule is COc1cc(C)c(-c2cnc(C(C)=O)[nH]2)cc1Cl. The summed E-state index contributed by atoms with van der Waals surface area (Å²) in [5.74, 6) is 0.874. The largest absolute Gasteiger partial charge is 0.495 e. The number of hydrogen-bond donors (Lipinski definition) is 1. The monoisotopic (exact) mass is 264 g/mol. The van der Waals surface area contributed by atoms with E-state index < -0.39 is 0 Å². The Balaban J connectivity index is 2.50. The van der Waals surface area contributed by atoms with Crippen molar-refractivity contribution >= 4 is 17.4 Å². The fraction of sp³-hybridized carbons (Fsp3) is 0.231. The number of carbonyl (C=O) groups is 1. The second-order valence-electron chi connectivity index (χ2n) is 4.00. The second kappa shape index (κ2) is 4.82. The number of aromatic nitrogens is 2. The Hall–Kier alpha value is -1.81. The van der Waals surface area contributed by atoms with Crippen LogP contribution >= 0.6 is 11.6 Å². The number of ketones is 1. The zero-order valence-corrected chi connectivity index (χ0v) is 11.1. The number of ether oxygens (including phenoxy) is 1. The Kier molecular flexibility index (Phi) is 3.39. The average Bonchev–Trinajstić information content (AvgIpc) is 2.81. The van der Waals surface area contributed by atoms with Crippen LogP contribution in [0.3, 0.4) is 0 Å². The van der Waals surface area contributed by atoms with E-state index >= 15 is 0 Å². The highest BCUT2D eigenvalue weighted by atomic mass is 35.5. The van der Waals surface area contributed by atoms with Gasteiger partial charge in [0.1, 0.15) is 5.75 Å². The van der Waals surface area contributed by atoms with Crippen LogP contribution in [0.5, 0.6) is 5.75 Å². The van der Waals surface area contributed by atoms with E-state index in [9.17, 15) is 4.79 Å². The molecule has 0 bridgehead atoms. The molecule has 2 aromatic rings. The molecule has 0 unspecified atom stereocenters. The van der Waals surface area contributed by atoms with Crippen LogP contribution in [0, 0.1) is 6.92 Å². The first kappa shape index (κ1) is 12.6. The first-order chi connectivity index (χ1) is 8.52. The number of carbonyl (C=O) groups excluding carboxylic acids is 1. The van der Waals surface area contributed by atoms with Crippen LogP contribution < -0.4 is 4.74 Å². The summed E-state index contributed by atoms with van der Waals surface area (Å²) in [5, 5.41) is 0.525. The predicted octanol–water partition coefficient (Wildman–Crippen LogP) is 3.25. The smallest absolute Gasteiger partial charge is 0.194 e. The van der Waals surface area contributed by atoms with E-state index in [4.69, 9.17) is 16.3 Å². The fourth-order valence-electron chi connectivity index (χ4n) is 1.74. The Bertz CT molecular complexity index is 605. The summed E-state index contributed by atoms with van der Waals surface area (Å²) in [5.41, 5.74) is 2.66. The van der Waals surface area contributed by atoms with E-state index in [-0.39, 0.29) is 5.78 Å². The van der Waals surface area contributed by atoms with Gasteiger partial charge in [-0.3, -0.25) is 4.79 Å². The van der Waals surface area contributed by atoms with Gasteiger partial charge in [-0.15, -0.1) is 0 Å². The number of imidazole rings is 1. The van der Waals surface area contributed by atoms with Gasteiger partial charge < -0.3 is 9.72 Å². The highest BCUT2D eigenvalue weighted by Gasteiger charge is 2.11.